The number of fused-ring (bicyclic) bond motifs is 1. The summed E-state index contributed by atoms with van der Waals surface area (Å²) in [5.74, 6) is 0.944. The van der Waals surface area contributed by atoms with Gasteiger partial charge in [0.2, 0.25) is 0 Å². The van der Waals surface area contributed by atoms with Crippen LogP contribution in [0.15, 0.2) is 52.9 Å². The zero-order chi connectivity index (χ0) is 14.8. The molecule has 2 nitrogen and oxygen atoms in total. The van der Waals surface area contributed by atoms with Crippen LogP contribution >= 0.6 is 0 Å². The molecular weight excluding hydrogens is 258 g/mol. The van der Waals surface area contributed by atoms with Gasteiger partial charge in [-0.1, -0.05) is 49.4 Å². The summed E-state index contributed by atoms with van der Waals surface area (Å²) < 4.78 is 6.13. The predicted octanol–water partition coefficient (Wildman–Crippen LogP) is 5.08. The van der Waals surface area contributed by atoms with Crippen LogP contribution in [0.4, 0.5) is 0 Å². The van der Waals surface area contributed by atoms with Crippen molar-refractivity contribution in [1.29, 1.82) is 0 Å². The van der Waals surface area contributed by atoms with E-state index >= 15 is 0 Å². The van der Waals surface area contributed by atoms with Gasteiger partial charge in [0.05, 0.1) is 0 Å². The number of hydrogen-bond donors (Lipinski definition) is 1. The fraction of sp³-hybridized carbons (Fsp3) is 0.263. The number of hydrogen-bond acceptors (Lipinski definition) is 2. The average molecular weight is 279 g/mol. The van der Waals surface area contributed by atoms with Crippen LogP contribution in [0.2, 0.25) is 0 Å². The molecule has 0 amide bonds. The quantitative estimate of drug-likeness (QED) is 0.720. The lowest BCUT2D eigenvalue weighted by Gasteiger charge is -2.15. The first-order chi connectivity index (χ1) is 10.2. The van der Waals surface area contributed by atoms with Crippen molar-refractivity contribution in [2.24, 2.45) is 0 Å². The Morgan fingerprint density at radius 2 is 1.90 bits per heavy atom. The molecule has 3 aromatic rings. The van der Waals surface area contributed by atoms with Gasteiger partial charge in [-0.25, -0.2) is 0 Å². The third kappa shape index (κ3) is 2.59. The van der Waals surface area contributed by atoms with E-state index in [1.807, 2.05) is 0 Å². The first-order valence-corrected chi connectivity index (χ1v) is 7.52. The van der Waals surface area contributed by atoms with Crippen molar-refractivity contribution in [2.45, 2.75) is 26.8 Å². The molecule has 1 N–H and O–H groups in total. The molecule has 2 heteroatoms. The molecule has 0 radical (unpaired) electrons. The van der Waals surface area contributed by atoms with Crippen molar-refractivity contribution in [3.8, 4) is 11.3 Å². The number of nitrogens with one attached hydrogen (secondary N) is 1. The summed E-state index contributed by atoms with van der Waals surface area (Å²) >= 11 is 0. The number of aryl methyl sites for hydroxylation is 1. The largest absolute Gasteiger partial charge is 0.456 e. The van der Waals surface area contributed by atoms with Crippen LogP contribution in [-0.4, -0.2) is 6.54 Å². The van der Waals surface area contributed by atoms with E-state index in [4.69, 9.17) is 4.42 Å². The first-order valence-electron chi connectivity index (χ1n) is 7.52. The molecule has 0 spiro atoms. The van der Waals surface area contributed by atoms with Gasteiger partial charge in [0.1, 0.15) is 11.3 Å². The Morgan fingerprint density at radius 1 is 1.10 bits per heavy atom. The standard InChI is InChI=1S/C19H21NO/c1-4-20-14(3)16-10-5-6-11-17(16)18-12-15-9-7-8-13(2)19(15)21-18/h5-12,14,20H,4H2,1-3H3. The van der Waals surface area contributed by atoms with E-state index in [0.717, 1.165) is 23.3 Å². The molecule has 0 aliphatic heterocycles. The molecule has 0 aliphatic rings. The number of furan rings is 1. The molecule has 0 saturated heterocycles. The Balaban J connectivity index is 2.12. The molecule has 1 heterocycles. The van der Waals surface area contributed by atoms with Gasteiger partial charge in [-0.05, 0) is 37.6 Å². The van der Waals surface area contributed by atoms with E-state index in [2.05, 4.69) is 74.6 Å². The summed E-state index contributed by atoms with van der Waals surface area (Å²) in [6, 6.07) is 17.2. The summed E-state index contributed by atoms with van der Waals surface area (Å²) in [6.07, 6.45) is 0. The van der Waals surface area contributed by atoms with Gasteiger partial charge in [0.15, 0.2) is 0 Å². The van der Waals surface area contributed by atoms with Crippen LogP contribution in [-0.2, 0) is 0 Å². The fourth-order valence-electron chi connectivity index (χ4n) is 2.86. The topological polar surface area (TPSA) is 25.2 Å². The molecule has 0 fully saturated rings. The third-order valence-electron chi connectivity index (χ3n) is 3.94. The van der Waals surface area contributed by atoms with Crippen LogP contribution in [0.1, 0.15) is 31.0 Å². The summed E-state index contributed by atoms with van der Waals surface area (Å²) in [5.41, 5.74) is 4.60. The van der Waals surface area contributed by atoms with Crippen molar-refractivity contribution in [2.75, 3.05) is 6.54 Å². The summed E-state index contributed by atoms with van der Waals surface area (Å²) in [4.78, 5) is 0. The summed E-state index contributed by atoms with van der Waals surface area (Å²) in [5, 5.41) is 4.64. The monoisotopic (exact) mass is 279 g/mol. The number of para-hydroxylation sites is 1. The zero-order valence-corrected chi connectivity index (χ0v) is 12.8. The maximum atomic E-state index is 6.13. The minimum atomic E-state index is 0.306. The average Bonchev–Trinajstić information content (AvgIpc) is 2.93. The van der Waals surface area contributed by atoms with Crippen LogP contribution in [0, 0.1) is 6.92 Å². The minimum absolute atomic E-state index is 0.306. The first kappa shape index (κ1) is 13.9. The lowest BCUT2D eigenvalue weighted by molar-refractivity contribution is 0.591. The summed E-state index contributed by atoms with van der Waals surface area (Å²) in [6.45, 7) is 7.36. The van der Waals surface area contributed by atoms with Crippen molar-refractivity contribution in [3.63, 3.8) is 0 Å². The molecule has 0 bridgehead atoms. The van der Waals surface area contributed by atoms with Gasteiger partial charge >= 0.3 is 0 Å². The van der Waals surface area contributed by atoms with E-state index in [-0.39, 0.29) is 0 Å². The molecule has 1 aromatic heterocycles. The Hall–Kier alpha value is -2.06. The highest BCUT2D eigenvalue weighted by atomic mass is 16.3. The van der Waals surface area contributed by atoms with E-state index in [1.54, 1.807) is 0 Å². The fourth-order valence-corrected chi connectivity index (χ4v) is 2.86. The van der Waals surface area contributed by atoms with E-state index in [9.17, 15) is 0 Å². The second kappa shape index (κ2) is 5.74. The van der Waals surface area contributed by atoms with Crippen molar-refractivity contribution >= 4 is 11.0 Å². The molecule has 1 unspecified atom stereocenters. The Labute approximate surface area is 125 Å². The maximum absolute atomic E-state index is 6.13. The van der Waals surface area contributed by atoms with Crippen LogP contribution in [0.3, 0.4) is 0 Å². The van der Waals surface area contributed by atoms with Gasteiger partial charge in [0, 0.05) is 17.0 Å². The smallest absolute Gasteiger partial charge is 0.137 e. The number of rotatable bonds is 4. The minimum Gasteiger partial charge on any atom is -0.456 e. The van der Waals surface area contributed by atoms with Gasteiger partial charge in [-0.2, -0.15) is 0 Å². The molecule has 2 aromatic carbocycles. The lowest BCUT2D eigenvalue weighted by atomic mass is 9.99. The molecule has 21 heavy (non-hydrogen) atoms. The molecule has 0 saturated carbocycles. The van der Waals surface area contributed by atoms with Gasteiger partial charge in [-0.15, -0.1) is 0 Å². The molecule has 108 valence electrons. The Bertz CT molecular complexity index is 757. The molecular formula is C19H21NO. The van der Waals surface area contributed by atoms with E-state index in [0.29, 0.717) is 6.04 Å². The lowest BCUT2D eigenvalue weighted by Crippen LogP contribution is -2.18. The molecule has 0 aliphatic carbocycles. The van der Waals surface area contributed by atoms with Crippen molar-refractivity contribution in [1.82, 2.24) is 5.32 Å². The Kier molecular flexibility index (Phi) is 3.80. The SMILES string of the molecule is CCNC(C)c1ccccc1-c1cc2cccc(C)c2o1. The highest BCUT2D eigenvalue weighted by molar-refractivity contribution is 5.85. The van der Waals surface area contributed by atoms with Gasteiger partial charge in [0.25, 0.3) is 0 Å². The van der Waals surface area contributed by atoms with Crippen LogP contribution in [0.5, 0.6) is 0 Å². The van der Waals surface area contributed by atoms with Gasteiger partial charge in [-0.3, -0.25) is 0 Å². The highest BCUT2D eigenvalue weighted by Crippen LogP contribution is 2.33. The highest BCUT2D eigenvalue weighted by Gasteiger charge is 2.14. The van der Waals surface area contributed by atoms with Crippen LogP contribution in [0.25, 0.3) is 22.3 Å². The summed E-state index contributed by atoms with van der Waals surface area (Å²) in [7, 11) is 0. The molecule has 1 atom stereocenters. The normalized spacial score (nSPS) is 12.7. The predicted molar refractivity (Wildman–Crippen MR) is 88.5 cm³/mol. The third-order valence-corrected chi connectivity index (χ3v) is 3.94. The maximum Gasteiger partial charge on any atom is 0.137 e. The van der Waals surface area contributed by atoms with Gasteiger partial charge < -0.3 is 9.73 Å². The van der Waals surface area contributed by atoms with Crippen molar-refractivity contribution < 1.29 is 4.42 Å². The van der Waals surface area contributed by atoms with Crippen molar-refractivity contribution in [3.05, 3.63) is 59.7 Å². The Morgan fingerprint density at radius 3 is 2.67 bits per heavy atom. The van der Waals surface area contributed by atoms with Crippen LogP contribution < -0.4 is 5.32 Å². The second-order valence-electron chi connectivity index (χ2n) is 5.47. The number of benzene rings is 2. The molecule has 3 rings (SSSR count). The second-order valence-corrected chi connectivity index (χ2v) is 5.47. The zero-order valence-electron chi connectivity index (χ0n) is 12.8. The van der Waals surface area contributed by atoms with E-state index in [1.165, 1.54) is 16.7 Å². The van der Waals surface area contributed by atoms with E-state index < -0.39 is 0 Å².